The number of carbonyl (C=O) groups excluding carboxylic acids is 1. The number of aryl methyl sites for hydroxylation is 1. The van der Waals surface area contributed by atoms with E-state index in [2.05, 4.69) is 10.3 Å². The van der Waals surface area contributed by atoms with Gasteiger partial charge in [0.05, 0.1) is 10.5 Å². The molecule has 0 spiro atoms. The second-order valence-corrected chi connectivity index (χ2v) is 5.83. The minimum absolute atomic E-state index is 0.231. The molecule has 1 aliphatic carbocycles. The largest absolute Gasteiger partial charge is 0.341 e. The molecule has 3 rings (SSSR count). The van der Waals surface area contributed by atoms with Crippen molar-refractivity contribution in [2.24, 2.45) is 0 Å². The summed E-state index contributed by atoms with van der Waals surface area (Å²) in [6, 6.07) is 6.60. The lowest BCUT2D eigenvalue weighted by Gasteiger charge is -2.17. The average Bonchev–Trinajstić information content (AvgIpc) is 3.02. The van der Waals surface area contributed by atoms with Gasteiger partial charge in [-0.2, -0.15) is 0 Å². The molecule has 1 aliphatic rings. The van der Waals surface area contributed by atoms with Crippen molar-refractivity contribution in [1.29, 1.82) is 0 Å². The Labute approximate surface area is 114 Å². The Morgan fingerprint density at radius 2 is 2.16 bits per heavy atom. The molecule has 0 atom stereocenters. The summed E-state index contributed by atoms with van der Waals surface area (Å²) in [5.41, 5.74) is 0.431. The maximum atomic E-state index is 13.8. The second-order valence-electron chi connectivity index (χ2n) is 4.77. The van der Waals surface area contributed by atoms with Crippen LogP contribution in [0, 0.1) is 12.7 Å². The number of hydrogen-bond donors (Lipinski definition) is 1. The fraction of sp³-hybridized carbons (Fsp3) is 0.286. The van der Waals surface area contributed by atoms with Crippen LogP contribution in [0.25, 0.3) is 0 Å². The topological polar surface area (TPSA) is 42.0 Å². The molecule has 3 nitrogen and oxygen atoms in total. The minimum atomic E-state index is -0.542. The van der Waals surface area contributed by atoms with Crippen molar-refractivity contribution in [2.75, 3.05) is 0 Å². The molecule has 2 aromatic rings. The fourth-order valence-corrected chi connectivity index (χ4v) is 2.78. The second kappa shape index (κ2) is 4.42. The van der Waals surface area contributed by atoms with Crippen LogP contribution in [0.15, 0.2) is 29.6 Å². The Kier molecular flexibility index (Phi) is 2.86. The van der Waals surface area contributed by atoms with Crippen LogP contribution in [0.5, 0.6) is 0 Å². The van der Waals surface area contributed by atoms with Crippen LogP contribution < -0.4 is 5.32 Å². The highest BCUT2D eigenvalue weighted by Gasteiger charge is 2.47. The van der Waals surface area contributed by atoms with E-state index in [-0.39, 0.29) is 11.7 Å². The molecule has 19 heavy (non-hydrogen) atoms. The smallest absolute Gasteiger partial charge is 0.271 e. The summed E-state index contributed by atoms with van der Waals surface area (Å²) in [4.78, 5) is 16.3. The van der Waals surface area contributed by atoms with Gasteiger partial charge in [0.25, 0.3) is 5.91 Å². The van der Waals surface area contributed by atoms with Crippen molar-refractivity contribution in [3.05, 3.63) is 51.7 Å². The number of hydrogen-bond acceptors (Lipinski definition) is 3. The summed E-state index contributed by atoms with van der Waals surface area (Å²) in [6.45, 7) is 1.85. The third kappa shape index (κ3) is 2.26. The van der Waals surface area contributed by atoms with E-state index in [4.69, 9.17) is 0 Å². The normalized spacial score (nSPS) is 16.1. The van der Waals surface area contributed by atoms with Crippen LogP contribution in [0.4, 0.5) is 4.39 Å². The van der Waals surface area contributed by atoms with Crippen LogP contribution in [0.2, 0.25) is 0 Å². The molecular weight excluding hydrogens is 263 g/mol. The maximum Gasteiger partial charge on any atom is 0.271 e. The molecule has 1 aromatic heterocycles. The van der Waals surface area contributed by atoms with Crippen molar-refractivity contribution in [1.82, 2.24) is 10.3 Å². The molecular formula is C14H13FN2OS. The summed E-state index contributed by atoms with van der Waals surface area (Å²) >= 11 is 1.43. The first-order valence-corrected chi connectivity index (χ1v) is 6.98. The average molecular weight is 276 g/mol. The van der Waals surface area contributed by atoms with E-state index in [9.17, 15) is 9.18 Å². The SMILES string of the molecule is Cc1nc(C(=O)NC2(c3ccccc3F)CC2)cs1. The van der Waals surface area contributed by atoms with Gasteiger partial charge < -0.3 is 5.32 Å². The Morgan fingerprint density at radius 3 is 2.74 bits per heavy atom. The number of nitrogens with zero attached hydrogens (tertiary/aromatic N) is 1. The summed E-state index contributed by atoms with van der Waals surface area (Å²) < 4.78 is 13.8. The quantitative estimate of drug-likeness (QED) is 0.936. The molecule has 98 valence electrons. The van der Waals surface area contributed by atoms with Gasteiger partial charge in [-0.25, -0.2) is 9.37 Å². The summed E-state index contributed by atoms with van der Waals surface area (Å²) in [5.74, 6) is -0.500. The lowest BCUT2D eigenvalue weighted by atomic mass is 10.0. The lowest BCUT2D eigenvalue weighted by molar-refractivity contribution is 0.0925. The summed E-state index contributed by atoms with van der Waals surface area (Å²) in [6.07, 6.45) is 1.53. The van der Waals surface area contributed by atoms with Gasteiger partial charge >= 0.3 is 0 Å². The number of rotatable bonds is 3. The monoisotopic (exact) mass is 276 g/mol. The van der Waals surface area contributed by atoms with Crippen LogP contribution in [0.1, 0.15) is 33.9 Å². The van der Waals surface area contributed by atoms with E-state index in [1.54, 1.807) is 23.6 Å². The van der Waals surface area contributed by atoms with Crippen molar-refractivity contribution in [2.45, 2.75) is 25.3 Å². The van der Waals surface area contributed by atoms with Crippen molar-refractivity contribution < 1.29 is 9.18 Å². The zero-order valence-electron chi connectivity index (χ0n) is 10.4. The van der Waals surface area contributed by atoms with Gasteiger partial charge in [-0.1, -0.05) is 18.2 Å². The Hall–Kier alpha value is -1.75. The van der Waals surface area contributed by atoms with Crippen LogP contribution >= 0.6 is 11.3 Å². The van der Waals surface area contributed by atoms with Crippen molar-refractivity contribution in [3.8, 4) is 0 Å². The molecule has 0 bridgehead atoms. The number of aromatic nitrogens is 1. The fourth-order valence-electron chi connectivity index (χ4n) is 2.19. The van der Waals surface area contributed by atoms with Gasteiger partial charge in [0.15, 0.2) is 0 Å². The molecule has 0 unspecified atom stereocenters. The highest BCUT2D eigenvalue weighted by molar-refractivity contribution is 7.09. The zero-order valence-corrected chi connectivity index (χ0v) is 11.3. The van der Waals surface area contributed by atoms with Crippen molar-refractivity contribution >= 4 is 17.2 Å². The first kappa shape index (κ1) is 12.3. The van der Waals surface area contributed by atoms with Gasteiger partial charge in [0.1, 0.15) is 11.5 Å². The number of amides is 1. The van der Waals surface area contributed by atoms with Gasteiger partial charge in [0.2, 0.25) is 0 Å². The predicted molar refractivity (Wildman–Crippen MR) is 71.6 cm³/mol. The predicted octanol–water partition coefficient (Wildman–Crippen LogP) is 3.01. The molecule has 0 radical (unpaired) electrons. The van der Waals surface area contributed by atoms with E-state index in [1.807, 2.05) is 6.92 Å². The zero-order chi connectivity index (χ0) is 13.5. The summed E-state index contributed by atoms with van der Waals surface area (Å²) in [7, 11) is 0. The molecule has 1 saturated carbocycles. The first-order valence-electron chi connectivity index (χ1n) is 6.10. The maximum absolute atomic E-state index is 13.8. The molecule has 1 heterocycles. The molecule has 5 heteroatoms. The first-order chi connectivity index (χ1) is 9.11. The molecule has 1 N–H and O–H groups in total. The third-order valence-electron chi connectivity index (χ3n) is 3.34. The number of nitrogens with one attached hydrogen (secondary N) is 1. The molecule has 0 aliphatic heterocycles. The highest BCUT2D eigenvalue weighted by atomic mass is 32.1. The van der Waals surface area contributed by atoms with Crippen molar-refractivity contribution in [3.63, 3.8) is 0 Å². The Morgan fingerprint density at radius 1 is 1.42 bits per heavy atom. The van der Waals surface area contributed by atoms with Gasteiger partial charge in [-0.05, 0) is 25.8 Å². The van der Waals surface area contributed by atoms with Gasteiger partial charge in [-0.15, -0.1) is 11.3 Å². The Bertz CT molecular complexity index is 634. The number of benzene rings is 1. The van der Waals surface area contributed by atoms with E-state index < -0.39 is 5.54 Å². The summed E-state index contributed by atoms with van der Waals surface area (Å²) in [5, 5.41) is 5.49. The number of carbonyl (C=O) groups is 1. The highest BCUT2D eigenvalue weighted by Crippen LogP contribution is 2.46. The van der Waals surface area contributed by atoms with Crippen LogP contribution in [0.3, 0.4) is 0 Å². The number of thiazole rings is 1. The molecule has 0 saturated heterocycles. The van der Waals surface area contributed by atoms with E-state index in [1.165, 1.54) is 17.4 Å². The molecule has 1 amide bonds. The minimum Gasteiger partial charge on any atom is -0.341 e. The standard InChI is InChI=1S/C14H13FN2OS/c1-9-16-12(8-19-9)13(18)17-14(6-7-14)10-4-2-3-5-11(10)15/h2-5,8H,6-7H2,1H3,(H,17,18). The lowest BCUT2D eigenvalue weighted by Crippen LogP contribution is -2.35. The third-order valence-corrected chi connectivity index (χ3v) is 4.12. The molecule has 1 aromatic carbocycles. The number of halogens is 1. The van der Waals surface area contributed by atoms with Crippen LogP contribution in [-0.2, 0) is 5.54 Å². The van der Waals surface area contributed by atoms with E-state index in [0.29, 0.717) is 11.3 Å². The van der Waals surface area contributed by atoms with E-state index in [0.717, 1.165) is 17.8 Å². The van der Waals surface area contributed by atoms with Gasteiger partial charge in [0, 0.05) is 10.9 Å². The Balaban J connectivity index is 1.83. The van der Waals surface area contributed by atoms with E-state index >= 15 is 0 Å². The molecule has 1 fully saturated rings. The van der Waals surface area contributed by atoms with Crippen LogP contribution in [-0.4, -0.2) is 10.9 Å². The van der Waals surface area contributed by atoms with Gasteiger partial charge in [-0.3, -0.25) is 4.79 Å².